The second kappa shape index (κ2) is 14.8. The number of nitrogens with zero attached hydrogens (tertiary/aromatic N) is 4. The maximum atomic E-state index is 14.6. The van der Waals surface area contributed by atoms with Gasteiger partial charge in [-0.2, -0.15) is 9.97 Å². The van der Waals surface area contributed by atoms with Crippen molar-refractivity contribution in [2.24, 2.45) is 11.3 Å². The molecule has 5 aliphatic rings. The summed E-state index contributed by atoms with van der Waals surface area (Å²) in [5.74, 6) is -1.80. The summed E-state index contributed by atoms with van der Waals surface area (Å²) in [7, 11) is -2.40. The number of ether oxygens (including phenoxy) is 2. The van der Waals surface area contributed by atoms with Gasteiger partial charge in [0.05, 0.1) is 31.3 Å². The number of nitrogens with one attached hydrogen (secondary N) is 3. The van der Waals surface area contributed by atoms with Crippen LogP contribution >= 0.6 is 0 Å². The van der Waals surface area contributed by atoms with Gasteiger partial charge in [0.2, 0.25) is 21.8 Å². The van der Waals surface area contributed by atoms with Crippen molar-refractivity contribution < 1.29 is 37.1 Å². The molecule has 15 nitrogen and oxygen atoms in total. The van der Waals surface area contributed by atoms with Crippen LogP contribution in [0.4, 0.5) is 10.6 Å². The largest absolute Gasteiger partial charge is 0.467 e. The minimum absolute atomic E-state index is 0.00204. The van der Waals surface area contributed by atoms with Crippen LogP contribution in [-0.2, 0) is 29.1 Å². The molecule has 4 saturated carbocycles. The van der Waals surface area contributed by atoms with Crippen LogP contribution in [0.2, 0.25) is 0 Å². The molecular weight excluding hydrogens is 691 g/mol. The van der Waals surface area contributed by atoms with Crippen molar-refractivity contribution in [1.82, 2.24) is 30.2 Å². The zero-order valence-corrected chi connectivity index (χ0v) is 31.5. The molecule has 2 heterocycles. The molecule has 1 saturated heterocycles. The van der Waals surface area contributed by atoms with E-state index in [1.165, 1.54) is 24.5 Å². The first-order chi connectivity index (χ1) is 24.6. The lowest BCUT2D eigenvalue weighted by Crippen LogP contribution is -2.60. The van der Waals surface area contributed by atoms with Gasteiger partial charge in [0.15, 0.2) is 0 Å². The molecule has 1 aromatic heterocycles. The molecule has 16 heteroatoms. The topological polar surface area (TPSA) is 189 Å². The van der Waals surface area contributed by atoms with Crippen molar-refractivity contribution in [2.45, 2.75) is 133 Å². The molecular formula is C36H53N7O8S. The molecule has 3 N–H and O–H groups in total. The predicted molar refractivity (Wildman–Crippen MR) is 192 cm³/mol. The van der Waals surface area contributed by atoms with Crippen LogP contribution in [0.5, 0.6) is 6.01 Å². The van der Waals surface area contributed by atoms with E-state index in [-0.39, 0.29) is 37.7 Å². The summed E-state index contributed by atoms with van der Waals surface area (Å²) < 4.78 is 38.8. The average Bonchev–Trinajstić information content (AvgIpc) is 3.99. The van der Waals surface area contributed by atoms with Crippen LogP contribution in [0.15, 0.2) is 18.7 Å². The number of aromatic nitrogens is 2. The van der Waals surface area contributed by atoms with Crippen LogP contribution in [-0.4, -0.2) is 96.4 Å². The zero-order chi connectivity index (χ0) is 37.4. The van der Waals surface area contributed by atoms with Crippen molar-refractivity contribution in [3.8, 4) is 6.01 Å². The molecule has 4 atom stereocenters. The van der Waals surface area contributed by atoms with E-state index in [2.05, 4.69) is 31.9 Å². The van der Waals surface area contributed by atoms with Crippen LogP contribution in [0.1, 0.15) is 109 Å². The molecule has 0 unspecified atom stereocenters. The molecule has 52 heavy (non-hydrogen) atoms. The highest BCUT2D eigenvalue weighted by molar-refractivity contribution is 7.91. The summed E-state index contributed by atoms with van der Waals surface area (Å²) >= 11 is 0. The first kappa shape index (κ1) is 37.8. The number of amides is 4. The Hall–Kier alpha value is -3.95. The van der Waals surface area contributed by atoms with Crippen LogP contribution < -0.4 is 25.0 Å². The highest BCUT2D eigenvalue weighted by atomic mass is 32.2. The number of methoxy groups -OCH3 is 1. The summed E-state index contributed by atoms with van der Waals surface area (Å²) in [5.41, 5.74) is -1.49. The standard InChI is InChI=1S/C36H53N7O8S/c1-6-23-19-36(23,32(46)41-52(48,49)25-16-17-25)40-30(44)27-20-42(28-18-26(37-33(38-28)50-5)22-12-8-7-9-13-22)21-43(27)31(45)29(35(2,3)4)39-34(47)51-24-14-10-11-15-24/h6,18,22-25,27,29H,1,7-17,19-21H2,2-5H3,(H,39,47)(H,40,44)(H,41,46)/t23-,27+,29-,36-/m1/s1. The Kier molecular flexibility index (Phi) is 10.8. The average molecular weight is 744 g/mol. The third-order valence-corrected chi connectivity index (χ3v) is 12.9. The Morgan fingerprint density at radius 1 is 1.02 bits per heavy atom. The summed E-state index contributed by atoms with van der Waals surface area (Å²) in [6.07, 6.45) is 10.5. The van der Waals surface area contributed by atoms with E-state index in [0.29, 0.717) is 18.7 Å². The first-order valence-electron chi connectivity index (χ1n) is 18.6. The van der Waals surface area contributed by atoms with E-state index in [9.17, 15) is 27.6 Å². The summed E-state index contributed by atoms with van der Waals surface area (Å²) in [4.78, 5) is 68.0. The molecule has 0 bridgehead atoms. The Morgan fingerprint density at radius 3 is 2.29 bits per heavy atom. The molecule has 5 fully saturated rings. The molecule has 6 rings (SSSR count). The van der Waals surface area contributed by atoms with Gasteiger partial charge in [0, 0.05) is 17.9 Å². The fourth-order valence-electron chi connectivity index (χ4n) is 7.70. The van der Waals surface area contributed by atoms with Crippen molar-refractivity contribution in [2.75, 3.05) is 25.2 Å². The highest BCUT2D eigenvalue weighted by Gasteiger charge is 2.62. The SMILES string of the molecule is C=C[C@@H]1C[C@]1(NC(=O)[C@@H]1CN(c2cc(C3CCCCC3)nc(OC)n2)CN1C(=O)[C@@H](NC(=O)OC1CCCC1)C(C)(C)C)C(=O)NS(=O)(=O)C1CC1. The molecule has 0 radical (unpaired) electrons. The highest BCUT2D eigenvalue weighted by Crippen LogP contribution is 2.45. The second-order valence-electron chi connectivity index (χ2n) is 16.1. The Labute approximate surface area is 306 Å². The number of hydrogen-bond acceptors (Lipinski definition) is 11. The molecule has 4 amide bonds. The number of hydrogen-bond donors (Lipinski definition) is 3. The molecule has 1 aromatic rings. The van der Waals surface area contributed by atoms with Crippen molar-refractivity contribution in [1.29, 1.82) is 0 Å². The maximum Gasteiger partial charge on any atom is 0.408 e. The van der Waals surface area contributed by atoms with Gasteiger partial charge in [-0.15, -0.1) is 6.58 Å². The number of alkyl carbamates (subject to hydrolysis) is 1. The fraction of sp³-hybridized carbons (Fsp3) is 0.722. The van der Waals surface area contributed by atoms with E-state index in [4.69, 9.17) is 9.47 Å². The molecule has 0 spiro atoms. The van der Waals surface area contributed by atoms with Crippen LogP contribution in [0, 0.1) is 11.3 Å². The maximum absolute atomic E-state index is 14.6. The van der Waals surface area contributed by atoms with Gasteiger partial charge in [-0.25, -0.2) is 13.2 Å². The summed E-state index contributed by atoms with van der Waals surface area (Å²) in [6, 6.07) is -0.157. The van der Waals surface area contributed by atoms with Gasteiger partial charge in [-0.3, -0.25) is 19.1 Å². The van der Waals surface area contributed by atoms with Gasteiger partial charge < -0.3 is 29.9 Å². The third kappa shape index (κ3) is 8.16. The van der Waals surface area contributed by atoms with Gasteiger partial charge in [-0.05, 0) is 63.2 Å². The molecule has 1 aliphatic heterocycles. The van der Waals surface area contributed by atoms with Gasteiger partial charge >= 0.3 is 12.1 Å². The first-order valence-corrected chi connectivity index (χ1v) is 20.2. The quantitative estimate of drug-likeness (QED) is 0.267. The minimum Gasteiger partial charge on any atom is -0.467 e. The van der Waals surface area contributed by atoms with Gasteiger partial charge in [0.1, 0.15) is 29.5 Å². The second-order valence-corrected chi connectivity index (χ2v) is 18.1. The Balaban J connectivity index is 1.29. The Bertz CT molecular complexity index is 1670. The number of sulfonamides is 1. The van der Waals surface area contributed by atoms with Crippen molar-refractivity contribution in [3.63, 3.8) is 0 Å². The third-order valence-electron chi connectivity index (χ3n) is 11.1. The lowest BCUT2D eigenvalue weighted by Gasteiger charge is -2.35. The number of anilines is 1. The summed E-state index contributed by atoms with van der Waals surface area (Å²) in [6.45, 7) is 9.18. The lowest BCUT2D eigenvalue weighted by atomic mass is 9.85. The van der Waals surface area contributed by atoms with Gasteiger partial charge in [-0.1, -0.05) is 46.1 Å². The normalized spacial score (nSPS) is 26.0. The molecule has 4 aliphatic carbocycles. The van der Waals surface area contributed by atoms with Crippen LogP contribution in [0.25, 0.3) is 0 Å². The minimum atomic E-state index is -3.89. The number of carbonyl (C=O) groups is 4. The van der Waals surface area contributed by atoms with E-state index < -0.39 is 68.0 Å². The zero-order valence-electron chi connectivity index (χ0n) is 30.7. The van der Waals surface area contributed by atoms with E-state index in [0.717, 1.165) is 57.1 Å². The van der Waals surface area contributed by atoms with Crippen molar-refractivity contribution in [3.05, 3.63) is 24.4 Å². The van der Waals surface area contributed by atoms with Gasteiger partial charge in [0.25, 0.3) is 5.91 Å². The predicted octanol–water partition coefficient (Wildman–Crippen LogP) is 3.26. The van der Waals surface area contributed by atoms with Crippen molar-refractivity contribution >= 4 is 39.7 Å². The lowest BCUT2D eigenvalue weighted by molar-refractivity contribution is -0.142. The smallest absolute Gasteiger partial charge is 0.408 e. The van der Waals surface area contributed by atoms with Crippen LogP contribution in [0.3, 0.4) is 0 Å². The number of rotatable bonds is 12. The van der Waals surface area contributed by atoms with E-state index in [1.54, 1.807) is 4.90 Å². The molecule has 0 aromatic carbocycles. The summed E-state index contributed by atoms with van der Waals surface area (Å²) in [5, 5.41) is 4.98. The molecule has 286 valence electrons. The van der Waals surface area contributed by atoms with E-state index >= 15 is 0 Å². The fourth-order valence-corrected chi connectivity index (χ4v) is 9.06. The Morgan fingerprint density at radius 2 is 1.69 bits per heavy atom. The van der Waals surface area contributed by atoms with E-state index in [1.807, 2.05) is 26.8 Å². The monoisotopic (exact) mass is 743 g/mol. The number of carbonyl (C=O) groups excluding carboxylic acids is 4.